The van der Waals surface area contributed by atoms with Crippen LogP contribution in [0.25, 0.3) is 10.2 Å². The SMILES string of the molecule is Cc1cc(Oc2ccccc2)ccc1N1C(=O)Nc2c(C(=O)NC3CCCN(C(=O)/C=C/CNC(=O)CCCC(=O)NCCCOCCOCCOCCCNC(=O)CCCC[C@H]4SCC5NC(=O)NC54)C3)sc3nccc1c23. The van der Waals surface area contributed by atoms with Gasteiger partial charge in [0.25, 0.3) is 5.91 Å². The number of likely N-dealkylation sites (tertiary alicyclic amines) is 1. The van der Waals surface area contributed by atoms with Crippen molar-refractivity contribution in [3.8, 4) is 11.5 Å². The van der Waals surface area contributed by atoms with Gasteiger partial charge in [-0.25, -0.2) is 14.6 Å². The van der Waals surface area contributed by atoms with Crippen LogP contribution in [0.15, 0.2) is 72.9 Å². The topological polar surface area (TPSA) is 260 Å². The van der Waals surface area contributed by atoms with Gasteiger partial charge in [-0.15, -0.1) is 11.3 Å². The molecule has 4 aromatic rings. The number of pyridine rings is 1. The number of unbranched alkanes of at least 4 members (excludes halogenated alkanes) is 1. The highest BCUT2D eigenvalue weighted by Crippen LogP contribution is 2.46. The lowest BCUT2D eigenvalue weighted by molar-refractivity contribution is -0.127. The standard InChI is InChI=1S/C56H72N10O11S2/c1-37-34-40(77-39-13-3-2-4-14-39)20-21-42(37)66-43-22-26-60-54-49(43)51(64-56(66)73)52(79-54)53(71)61-38-12-9-27-65(35-38)48(70)19-8-23-57-46(68)17-7-18-47(69)59-25-11-29-75-31-33-76-32-30-74-28-10-24-58-45(67)16-6-5-15-44-50-41(36-78-44)62-55(72)63-50/h2-4,8,13-14,19-22,26,34,38,41,44,50H,5-7,9-12,15-18,23-25,27-33,35-36H2,1H3,(H,57,68)(H,58,67)(H,59,69)(H,61,71)(H,64,73)(H2,62,63,72)/b19-8+/t38?,41?,44-,50?/m1/s1. The molecule has 21 nitrogen and oxygen atoms in total. The molecule has 2 aromatic heterocycles. The second kappa shape index (κ2) is 30.0. The summed E-state index contributed by atoms with van der Waals surface area (Å²) in [5.41, 5.74) is 2.49. The second-order valence-corrected chi connectivity index (χ2v) is 22.0. The first kappa shape index (κ1) is 58.4. The van der Waals surface area contributed by atoms with E-state index in [-0.39, 0.29) is 73.1 Å². The molecular formula is C56H72N10O11S2. The molecule has 3 unspecified atom stereocenters. The number of fused-ring (bicyclic) bond motifs is 1. The Morgan fingerprint density at radius 3 is 2.23 bits per heavy atom. The number of nitrogens with zero attached hydrogens (tertiary/aromatic N) is 3. The highest BCUT2D eigenvalue weighted by atomic mass is 32.2. The normalized spacial score (nSPS) is 18.4. The average Bonchev–Trinajstić information content (AvgIpc) is 4.37. The number of rotatable bonds is 31. The molecule has 8 rings (SSSR count). The number of carbonyl (C=O) groups excluding carboxylic acids is 7. The molecule has 7 N–H and O–H groups in total. The maximum absolute atomic E-state index is 13.9. The van der Waals surface area contributed by atoms with Gasteiger partial charge in [-0.2, -0.15) is 11.8 Å². The monoisotopic (exact) mass is 1120 g/mol. The molecule has 0 bridgehead atoms. The fourth-order valence-corrected chi connectivity index (χ4v) is 12.4. The van der Waals surface area contributed by atoms with Crippen molar-refractivity contribution >= 4 is 92.0 Å². The van der Waals surface area contributed by atoms with Crippen LogP contribution in [0.4, 0.5) is 26.7 Å². The summed E-state index contributed by atoms with van der Waals surface area (Å²) >= 11 is 3.09. The van der Waals surface area contributed by atoms with Gasteiger partial charge < -0.3 is 61.1 Å². The molecule has 6 heterocycles. The summed E-state index contributed by atoms with van der Waals surface area (Å²) in [5, 5.41) is 21.6. The quantitative estimate of drug-likeness (QED) is 0.0163. The van der Waals surface area contributed by atoms with Crippen molar-refractivity contribution in [1.82, 2.24) is 41.8 Å². The molecule has 0 aliphatic carbocycles. The molecule has 4 aliphatic rings. The Balaban J connectivity index is 0.616. The molecule has 4 atom stereocenters. The van der Waals surface area contributed by atoms with Crippen molar-refractivity contribution in [3.63, 3.8) is 0 Å². The van der Waals surface area contributed by atoms with Gasteiger partial charge in [-0.3, -0.25) is 28.9 Å². The van der Waals surface area contributed by atoms with E-state index in [0.29, 0.717) is 147 Å². The van der Waals surface area contributed by atoms with Crippen LogP contribution < -0.4 is 46.9 Å². The van der Waals surface area contributed by atoms with Crippen molar-refractivity contribution < 1.29 is 52.5 Å². The van der Waals surface area contributed by atoms with Crippen LogP contribution in [-0.4, -0.2) is 153 Å². The van der Waals surface area contributed by atoms with Gasteiger partial charge in [0.2, 0.25) is 23.6 Å². The van der Waals surface area contributed by atoms with Gasteiger partial charge in [0, 0.05) is 94.5 Å². The van der Waals surface area contributed by atoms with Crippen molar-refractivity contribution in [2.45, 2.75) is 101 Å². The maximum Gasteiger partial charge on any atom is 0.331 e. The van der Waals surface area contributed by atoms with Crippen molar-refractivity contribution in [2.75, 3.05) is 88.3 Å². The van der Waals surface area contributed by atoms with E-state index in [1.165, 1.54) is 17.4 Å². The molecular weight excluding hydrogens is 1050 g/mol. The van der Waals surface area contributed by atoms with Crippen LogP contribution in [0.1, 0.15) is 85.9 Å². The van der Waals surface area contributed by atoms with Crippen LogP contribution in [-0.2, 0) is 33.4 Å². The molecule has 424 valence electrons. The van der Waals surface area contributed by atoms with Crippen molar-refractivity contribution in [3.05, 3.63) is 83.4 Å². The molecule has 2 aromatic carbocycles. The number of hydrogen-bond donors (Lipinski definition) is 7. The molecule has 0 radical (unpaired) electrons. The molecule has 4 aliphatic heterocycles. The zero-order valence-electron chi connectivity index (χ0n) is 44.6. The Morgan fingerprint density at radius 2 is 1.49 bits per heavy atom. The number of piperidine rings is 1. The predicted octanol–water partition coefficient (Wildman–Crippen LogP) is 6.43. The van der Waals surface area contributed by atoms with E-state index in [9.17, 15) is 33.6 Å². The Morgan fingerprint density at radius 1 is 0.785 bits per heavy atom. The zero-order chi connectivity index (χ0) is 55.3. The van der Waals surface area contributed by atoms with Gasteiger partial charge in [-0.05, 0) is 93.8 Å². The maximum atomic E-state index is 13.9. The number of urea groups is 2. The number of amides is 9. The van der Waals surface area contributed by atoms with Gasteiger partial charge in [0.1, 0.15) is 21.2 Å². The fourth-order valence-electron chi connectivity index (χ4n) is 9.83. The third-order valence-corrected chi connectivity index (χ3v) is 16.4. The van der Waals surface area contributed by atoms with E-state index in [0.717, 1.165) is 37.0 Å². The first-order chi connectivity index (χ1) is 38.5. The minimum atomic E-state index is -0.411. The Bertz CT molecular complexity index is 2780. The molecule has 23 heteroatoms. The highest BCUT2D eigenvalue weighted by molar-refractivity contribution is 8.00. The van der Waals surface area contributed by atoms with E-state index in [1.807, 2.05) is 67.2 Å². The van der Waals surface area contributed by atoms with E-state index < -0.39 is 6.03 Å². The summed E-state index contributed by atoms with van der Waals surface area (Å²) in [7, 11) is 0. The smallest absolute Gasteiger partial charge is 0.331 e. The Labute approximate surface area is 468 Å². The lowest BCUT2D eigenvalue weighted by Crippen LogP contribution is -2.49. The fraction of sp³-hybridized carbons (Fsp3) is 0.500. The molecule has 3 fully saturated rings. The van der Waals surface area contributed by atoms with Crippen LogP contribution in [0.2, 0.25) is 0 Å². The van der Waals surface area contributed by atoms with E-state index in [2.05, 4.69) is 42.2 Å². The summed E-state index contributed by atoms with van der Waals surface area (Å²) in [5.74, 6) is 1.36. The van der Waals surface area contributed by atoms with Crippen LogP contribution in [0.5, 0.6) is 11.5 Å². The summed E-state index contributed by atoms with van der Waals surface area (Å²) in [6.07, 6.45) is 11.4. The number of para-hydroxylation sites is 1. The summed E-state index contributed by atoms with van der Waals surface area (Å²) in [6.45, 7) is 6.65. The van der Waals surface area contributed by atoms with Crippen molar-refractivity contribution in [2.24, 2.45) is 0 Å². The third kappa shape index (κ3) is 17.1. The number of aryl methyl sites for hydroxylation is 1. The predicted molar refractivity (Wildman–Crippen MR) is 303 cm³/mol. The lowest BCUT2D eigenvalue weighted by atomic mass is 10.0. The first-order valence-corrected chi connectivity index (χ1v) is 29.2. The van der Waals surface area contributed by atoms with Gasteiger partial charge >= 0.3 is 12.1 Å². The van der Waals surface area contributed by atoms with Crippen molar-refractivity contribution in [1.29, 1.82) is 0 Å². The number of thiophene rings is 1. The second-order valence-electron chi connectivity index (χ2n) is 19.7. The molecule has 3 saturated heterocycles. The molecule has 9 amide bonds. The zero-order valence-corrected chi connectivity index (χ0v) is 46.3. The number of nitrogens with one attached hydrogen (secondary N) is 7. The third-order valence-electron chi connectivity index (χ3n) is 13.8. The number of thioether (sulfide) groups is 1. The average molecular weight is 1130 g/mol. The number of carbonyl (C=O) groups is 7. The van der Waals surface area contributed by atoms with E-state index in [4.69, 9.17) is 18.9 Å². The summed E-state index contributed by atoms with van der Waals surface area (Å²) in [4.78, 5) is 98.0. The van der Waals surface area contributed by atoms with Crippen LogP contribution in [0.3, 0.4) is 0 Å². The van der Waals surface area contributed by atoms with E-state index in [1.54, 1.807) is 28.1 Å². The summed E-state index contributed by atoms with van der Waals surface area (Å²) < 4.78 is 22.7. The Kier molecular flexibility index (Phi) is 22.1. The van der Waals surface area contributed by atoms with Crippen LogP contribution >= 0.6 is 23.1 Å². The van der Waals surface area contributed by atoms with Gasteiger partial charge in [0.15, 0.2) is 0 Å². The minimum absolute atomic E-state index is 0.0528. The number of hydrogen-bond acceptors (Lipinski definition) is 14. The van der Waals surface area contributed by atoms with Gasteiger partial charge in [0.05, 0.1) is 61.0 Å². The minimum Gasteiger partial charge on any atom is -0.457 e. The molecule has 0 saturated carbocycles. The largest absolute Gasteiger partial charge is 0.457 e. The summed E-state index contributed by atoms with van der Waals surface area (Å²) in [6, 6.07) is 16.4. The Hall–Kier alpha value is -6.79. The van der Waals surface area contributed by atoms with E-state index >= 15 is 0 Å². The first-order valence-electron chi connectivity index (χ1n) is 27.3. The lowest BCUT2D eigenvalue weighted by Gasteiger charge is -2.32. The van der Waals surface area contributed by atoms with Crippen LogP contribution in [0, 0.1) is 6.92 Å². The highest BCUT2D eigenvalue weighted by Gasteiger charge is 2.42. The number of aromatic nitrogens is 1. The number of anilines is 3. The van der Waals surface area contributed by atoms with Gasteiger partial charge in [-0.1, -0.05) is 30.7 Å². The molecule has 79 heavy (non-hydrogen) atoms. The molecule has 0 spiro atoms. The number of benzene rings is 2. The number of ether oxygens (including phenoxy) is 4.